The molecular formula is C22H38O7. The van der Waals surface area contributed by atoms with Gasteiger partial charge in [-0.25, -0.2) is 4.79 Å². The molecular weight excluding hydrogens is 376 g/mol. The Kier molecular flexibility index (Phi) is 11.0. The Bertz CT molecular complexity index is 496. The SMILES string of the molecule is CCCOC1CCCCC1OC(=O)CC(O)C(=O)OC1CCCCC1OCCC. The second kappa shape index (κ2) is 13.2. The van der Waals surface area contributed by atoms with Crippen molar-refractivity contribution in [2.75, 3.05) is 13.2 Å². The largest absolute Gasteiger partial charge is 0.460 e. The van der Waals surface area contributed by atoms with Crippen molar-refractivity contribution < 1.29 is 33.6 Å². The second-order valence-electron chi connectivity index (χ2n) is 8.11. The van der Waals surface area contributed by atoms with Gasteiger partial charge in [-0.3, -0.25) is 4.79 Å². The van der Waals surface area contributed by atoms with E-state index in [2.05, 4.69) is 0 Å². The van der Waals surface area contributed by atoms with Gasteiger partial charge in [0, 0.05) is 13.2 Å². The molecule has 7 heteroatoms. The molecule has 168 valence electrons. The van der Waals surface area contributed by atoms with Gasteiger partial charge in [-0.1, -0.05) is 26.7 Å². The van der Waals surface area contributed by atoms with E-state index in [1.54, 1.807) is 0 Å². The maximum absolute atomic E-state index is 12.3. The summed E-state index contributed by atoms with van der Waals surface area (Å²) in [7, 11) is 0. The summed E-state index contributed by atoms with van der Waals surface area (Å²) in [4.78, 5) is 24.6. The molecule has 29 heavy (non-hydrogen) atoms. The molecule has 2 fully saturated rings. The van der Waals surface area contributed by atoms with Crippen LogP contribution in [0.2, 0.25) is 0 Å². The van der Waals surface area contributed by atoms with Gasteiger partial charge in [-0.05, 0) is 51.4 Å². The number of carbonyl (C=O) groups is 2. The summed E-state index contributed by atoms with van der Waals surface area (Å²) in [6.45, 7) is 5.33. The van der Waals surface area contributed by atoms with Crippen LogP contribution in [0.5, 0.6) is 0 Å². The third-order valence-electron chi connectivity index (χ3n) is 5.54. The summed E-state index contributed by atoms with van der Waals surface area (Å²) in [5.74, 6) is -1.37. The van der Waals surface area contributed by atoms with Crippen LogP contribution in [0.3, 0.4) is 0 Å². The third kappa shape index (κ3) is 8.22. The molecule has 0 aromatic heterocycles. The maximum Gasteiger partial charge on any atom is 0.335 e. The number of hydrogen-bond acceptors (Lipinski definition) is 7. The molecule has 2 saturated carbocycles. The minimum absolute atomic E-state index is 0.101. The molecule has 1 N–H and O–H groups in total. The monoisotopic (exact) mass is 414 g/mol. The average Bonchev–Trinajstić information content (AvgIpc) is 2.72. The average molecular weight is 415 g/mol. The van der Waals surface area contributed by atoms with Crippen molar-refractivity contribution in [3.05, 3.63) is 0 Å². The highest BCUT2D eigenvalue weighted by Crippen LogP contribution is 2.26. The molecule has 2 aliphatic rings. The highest BCUT2D eigenvalue weighted by atomic mass is 16.6. The van der Waals surface area contributed by atoms with Gasteiger partial charge in [0.2, 0.25) is 0 Å². The maximum atomic E-state index is 12.3. The standard InChI is InChI=1S/C22H38O7/c1-3-13-26-17-9-5-7-11-19(17)28-21(24)15-16(23)22(25)29-20-12-8-6-10-18(20)27-14-4-2/h16-20,23H,3-15H2,1-2H3. The normalized spacial score (nSPS) is 28.5. The summed E-state index contributed by atoms with van der Waals surface area (Å²) in [5, 5.41) is 10.2. The van der Waals surface area contributed by atoms with E-state index < -0.39 is 24.5 Å². The van der Waals surface area contributed by atoms with Crippen LogP contribution in [0.4, 0.5) is 0 Å². The van der Waals surface area contributed by atoms with Crippen LogP contribution in [-0.4, -0.2) is 60.8 Å². The Morgan fingerprint density at radius 3 is 1.72 bits per heavy atom. The van der Waals surface area contributed by atoms with Crippen molar-refractivity contribution in [3.8, 4) is 0 Å². The Hall–Kier alpha value is -1.18. The topological polar surface area (TPSA) is 91.3 Å². The number of aliphatic hydroxyl groups is 1. The van der Waals surface area contributed by atoms with Gasteiger partial charge in [0.15, 0.2) is 6.10 Å². The number of rotatable bonds is 11. The van der Waals surface area contributed by atoms with Crippen molar-refractivity contribution in [2.24, 2.45) is 0 Å². The molecule has 0 heterocycles. The quantitative estimate of drug-likeness (QED) is 0.519. The molecule has 0 aromatic rings. The van der Waals surface area contributed by atoms with Crippen LogP contribution in [-0.2, 0) is 28.5 Å². The van der Waals surface area contributed by atoms with Crippen LogP contribution < -0.4 is 0 Å². The number of aliphatic hydroxyl groups excluding tert-OH is 1. The van der Waals surface area contributed by atoms with E-state index in [9.17, 15) is 14.7 Å². The molecule has 7 nitrogen and oxygen atoms in total. The minimum atomic E-state index is -1.52. The van der Waals surface area contributed by atoms with E-state index >= 15 is 0 Å². The number of carbonyl (C=O) groups excluding carboxylic acids is 2. The summed E-state index contributed by atoms with van der Waals surface area (Å²) in [6.07, 6.45) is 6.20. The second-order valence-corrected chi connectivity index (χ2v) is 8.11. The molecule has 0 radical (unpaired) electrons. The Balaban J connectivity index is 1.79. The molecule has 5 unspecified atom stereocenters. The minimum Gasteiger partial charge on any atom is -0.460 e. The Labute approximate surface area is 174 Å². The summed E-state index contributed by atoms with van der Waals surface area (Å²) in [5.41, 5.74) is 0. The molecule has 0 aliphatic heterocycles. The van der Waals surface area contributed by atoms with Gasteiger partial charge in [0.1, 0.15) is 12.2 Å². The van der Waals surface area contributed by atoms with E-state index in [1.807, 2.05) is 13.8 Å². The molecule has 5 atom stereocenters. The molecule has 2 rings (SSSR count). The van der Waals surface area contributed by atoms with Crippen LogP contribution in [0.15, 0.2) is 0 Å². The molecule has 0 amide bonds. The van der Waals surface area contributed by atoms with Gasteiger partial charge >= 0.3 is 11.9 Å². The molecule has 0 bridgehead atoms. The number of hydrogen-bond donors (Lipinski definition) is 1. The van der Waals surface area contributed by atoms with Crippen LogP contribution >= 0.6 is 0 Å². The summed E-state index contributed by atoms with van der Waals surface area (Å²) in [6, 6.07) is 0. The lowest BCUT2D eigenvalue weighted by atomic mass is 9.94. The highest BCUT2D eigenvalue weighted by Gasteiger charge is 2.33. The zero-order valence-corrected chi connectivity index (χ0v) is 18.0. The van der Waals surface area contributed by atoms with Crippen LogP contribution in [0, 0.1) is 0 Å². The summed E-state index contributed by atoms with van der Waals surface area (Å²) < 4.78 is 22.6. The van der Waals surface area contributed by atoms with Crippen LogP contribution in [0.25, 0.3) is 0 Å². The molecule has 0 spiro atoms. The van der Waals surface area contributed by atoms with E-state index in [0.717, 1.165) is 64.2 Å². The van der Waals surface area contributed by atoms with Crippen molar-refractivity contribution in [1.29, 1.82) is 0 Å². The first-order valence-electron chi connectivity index (χ1n) is 11.4. The third-order valence-corrected chi connectivity index (χ3v) is 5.54. The summed E-state index contributed by atoms with van der Waals surface area (Å²) >= 11 is 0. The van der Waals surface area contributed by atoms with Gasteiger partial charge in [0.05, 0.1) is 18.6 Å². The van der Waals surface area contributed by atoms with Gasteiger partial charge in [-0.2, -0.15) is 0 Å². The predicted octanol–water partition coefficient (Wildman–Crippen LogP) is 3.30. The molecule has 0 saturated heterocycles. The van der Waals surface area contributed by atoms with Crippen LogP contribution in [0.1, 0.15) is 84.5 Å². The zero-order chi connectivity index (χ0) is 21.1. The Morgan fingerprint density at radius 2 is 1.24 bits per heavy atom. The zero-order valence-electron chi connectivity index (χ0n) is 18.0. The first kappa shape index (κ1) is 24.1. The van der Waals surface area contributed by atoms with E-state index in [-0.39, 0.29) is 24.4 Å². The molecule has 2 aliphatic carbocycles. The fourth-order valence-electron chi connectivity index (χ4n) is 4.00. The number of ether oxygens (including phenoxy) is 4. The predicted molar refractivity (Wildman–Crippen MR) is 107 cm³/mol. The van der Waals surface area contributed by atoms with Gasteiger partial charge in [0.25, 0.3) is 0 Å². The van der Waals surface area contributed by atoms with Gasteiger partial charge < -0.3 is 24.1 Å². The fraction of sp³-hybridized carbons (Fsp3) is 0.909. The fourth-order valence-corrected chi connectivity index (χ4v) is 4.00. The van der Waals surface area contributed by atoms with E-state index in [4.69, 9.17) is 18.9 Å². The first-order valence-corrected chi connectivity index (χ1v) is 11.4. The van der Waals surface area contributed by atoms with Crippen molar-refractivity contribution in [2.45, 2.75) is 115 Å². The van der Waals surface area contributed by atoms with Crippen molar-refractivity contribution in [3.63, 3.8) is 0 Å². The van der Waals surface area contributed by atoms with E-state index in [0.29, 0.717) is 13.2 Å². The lowest BCUT2D eigenvalue weighted by molar-refractivity contribution is -0.177. The Morgan fingerprint density at radius 1 is 0.793 bits per heavy atom. The lowest BCUT2D eigenvalue weighted by Crippen LogP contribution is -2.40. The van der Waals surface area contributed by atoms with Crippen molar-refractivity contribution >= 4 is 11.9 Å². The smallest absolute Gasteiger partial charge is 0.335 e. The molecule has 0 aromatic carbocycles. The van der Waals surface area contributed by atoms with Crippen molar-refractivity contribution in [1.82, 2.24) is 0 Å². The van der Waals surface area contributed by atoms with Gasteiger partial charge in [-0.15, -0.1) is 0 Å². The lowest BCUT2D eigenvalue weighted by Gasteiger charge is -2.32. The highest BCUT2D eigenvalue weighted by molar-refractivity contribution is 5.81. The van der Waals surface area contributed by atoms with E-state index in [1.165, 1.54) is 0 Å². The number of esters is 2. The first-order chi connectivity index (χ1) is 14.0.